The summed E-state index contributed by atoms with van der Waals surface area (Å²) in [6, 6.07) is 0. The summed E-state index contributed by atoms with van der Waals surface area (Å²) in [7, 11) is 1.41. The van der Waals surface area contributed by atoms with Gasteiger partial charge in [-0.15, -0.1) is 0 Å². The molecule has 11 nitrogen and oxygen atoms in total. The van der Waals surface area contributed by atoms with E-state index in [1.807, 2.05) is 0 Å². The Labute approximate surface area is 346 Å². The number of amides is 1. The summed E-state index contributed by atoms with van der Waals surface area (Å²) in [6.07, 6.45) is 21.4. The number of ether oxygens (including phenoxy) is 2. The van der Waals surface area contributed by atoms with Gasteiger partial charge in [-0.05, 0) is 26.2 Å². The zero-order chi connectivity index (χ0) is 42.3. The highest BCUT2D eigenvalue weighted by atomic mass is 16.7. The number of aliphatic carboxylic acids is 1. The van der Waals surface area contributed by atoms with Crippen molar-refractivity contribution in [2.75, 3.05) is 7.05 Å². The monoisotopic (exact) mass is 812 g/mol. The molecular formula is C46H85NO10. The summed E-state index contributed by atoms with van der Waals surface area (Å²) in [5.74, 6) is -3.53. The Morgan fingerprint density at radius 1 is 0.596 bits per heavy atom. The van der Waals surface area contributed by atoms with Gasteiger partial charge in [0.2, 0.25) is 5.91 Å². The normalized spacial score (nSPS) is 19.8. The lowest BCUT2D eigenvalue weighted by Gasteiger charge is -2.26. The molecule has 0 radical (unpaired) electrons. The van der Waals surface area contributed by atoms with E-state index in [1.165, 1.54) is 130 Å². The summed E-state index contributed by atoms with van der Waals surface area (Å²) < 4.78 is 11.6. The van der Waals surface area contributed by atoms with E-state index < -0.39 is 60.4 Å². The fourth-order valence-corrected chi connectivity index (χ4v) is 8.06. The van der Waals surface area contributed by atoms with Gasteiger partial charge >= 0.3 is 5.97 Å². The van der Waals surface area contributed by atoms with E-state index in [0.29, 0.717) is 12.8 Å². The average Bonchev–Trinajstić information content (AvgIpc) is 3.47. The molecule has 1 amide bonds. The Balaban J connectivity index is 2.94. The highest BCUT2D eigenvalue weighted by Gasteiger charge is 2.47. The molecule has 0 aliphatic carbocycles. The SMILES string of the molecule is CCCCCCCCCCCCCCC(CCCCCCCCCCCCCC)C(=O)C[C@@H](O[C@@H]1O[C@H]([C@@H](C)O)[C@@H](O)[C@@H]1O)C(=O)C[C@@H](CCC(=O)O)C(=O)NC. The van der Waals surface area contributed by atoms with Crippen molar-refractivity contribution >= 4 is 23.4 Å². The van der Waals surface area contributed by atoms with Gasteiger partial charge in [0.1, 0.15) is 30.2 Å². The maximum atomic E-state index is 14.1. The van der Waals surface area contributed by atoms with E-state index in [2.05, 4.69) is 19.2 Å². The number of carboxylic acid groups (broad SMARTS) is 1. The predicted octanol–water partition coefficient (Wildman–Crippen LogP) is 9.14. The van der Waals surface area contributed by atoms with Crippen molar-refractivity contribution in [3.8, 4) is 0 Å². The largest absolute Gasteiger partial charge is 0.481 e. The van der Waals surface area contributed by atoms with Crippen LogP contribution in [0.25, 0.3) is 0 Å². The maximum absolute atomic E-state index is 14.1. The zero-order valence-electron chi connectivity index (χ0n) is 36.6. The molecule has 1 aliphatic rings. The van der Waals surface area contributed by atoms with Gasteiger partial charge in [-0.1, -0.05) is 168 Å². The van der Waals surface area contributed by atoms with Gasteiger partial charge in [0.15, 0.2) is 12.1 Å². The van der Waals surface area contributed by atoms with Crippen LogP contribution in [-0.2, 0) is 28.7 Å². The fourth-order valence-electron chi connectivity index (χ4n) is 8.06. The highest BCUT2D eigenvalue weighted by molar-refractivity contribution is 5.93. The number of rotatable bonds is 39. The zero-order valence-corrected chi connectivity index (χ0v) is 36.6. The molecule has 1 heterocycles. The number of unbranched alkanes of at least 4 members (excludes halogenated alkanes) is 22. The second-order valence-corrected chi connectivity index (χ2v) is 17.0. The number of hydrogen-bond donors (Lipinski definition) is 5. The van der Waals surface area contributed by atoms with E-state index in [4.69, 9.17) is 9.47 Å². The molecule has 1 saturated heterocycles. The fraction of sp³-hybridized carbons (Fsp3) is 0.913. The third-order valence-corrected chi connectivity index (χ3v) is 11.8. The number of carbonyl (C=O) groups excluding carboxylic acids is 3. The first-order valence-corrected chi connectivity index (χ1v) is 23.3. The summed E-state index contributed by atoms with van der Waals surface area (Å²) >= 11 is 0. The topological polar surface area (TPSA) is 180 Å². The molecule has 334 valence electrons. The van der Waals surface area contributed by atoms with E-state index in [1.54, 1.807) is 0 Å². The summed E-state index contributed by atoms with van der Waals surface area (Å²) in [4.78, 5) is 52.0. The van der Waals surface area contributed by atoms with Crippen LogP contribution in [0.4, 0.5) is 0 Å². The molecular weight excluding hydrogens is 727 g/mol. The lowest BCUT2D eigenvalue weighted by molar-refractivity contribution is -0.202. The van der Waals surface area contributed by atoms with E-state index in [-0.39, 0.29) is 37.4 Å². The molecule has 0 aromatic carbocycles. The molecule has 0 unspecified atom stereocenters. The molecule has 1 aliphatic heterocycles. The van der Waals surface area contributed by atoms with Crippen LogP contribution in [0.2, 0.25) is 0 Å². The van der Waals surface area contributed by atoms with Crippen LogP contribution in [0.1, 0.15) is 213 Å². The molecule has 0 saturated carbocycles. The van der Waals surface area contributed by atoms with Crippen LogP contribution >= 0.6 is 0 Å². The third kappa shape index (κ3) is 24.7. The van der Waals surface area contributed by atoms with Crippen molar-refractivity contribution in [1.29, 1.82) is 0 Å². The minimum absolute atomic E-state index is 0.0761. The van der Waals surface area contributed by atoms with Gasteiger partial charge in [-0.25, -0.2) is 0 Å². The lowest BCUT2D eigenvalue weighted by Crippen LogP contribution is -2.41. The number of ketones is 2. The van der Waals surface area contributed by atoms with Crippen molar-refractivity contribution < 1.29 is 49.1 Å². The van der Waals surface area contributed by atoms with Crippen LogP contribution < -0.4 is 5.32 Å². The second-order valence-electron chi connectivity index (χ2n) is 17.0. The first-order chi connectivity index (χ1) is 27.5. The van der Waals surface area contributed by atoms with Crippen molar-refractivity contribution in [2.45, 2.75) is 250 Å². The van der Waals surface area contributed by atoms with Crippen LogP contribution in [-0.4, -0.2) is 87.7 Å². The number of hydrogen-bond acceptors (Lipinski definition) is 9. The van der Waals surface area contributed by atoms with Crippen LogP contribution in [0, 0.1) is 11.8 Å². The van der Waals surface area contributed by atoms with E-state index in [0.717, 1.165) is 38.5 Å². The first kappa shape index (κ1) is 53.1. The van der Waals surface area contributed by atoms with Crippen LogP contribution in [0.3, 0.4) is 0 Å². The van der Waals surface area contributed by atoms with Crippen molar-refractivity contribution in [3.63, 3.8) is 0 Å². The number of aliphatic hydroxyl groups is 3. The maximum Gasteiger partial charge on any atom is 0.303 e. The quantitative estimate of drug-likeness (QED) is 0.0376. The first-order valence-electron chi connectivity index (χ1n) is 23.3. The van der Waals surface area contributed by atoms with E-state index >= 15 is 0 Å². The molecule has 0 spiro atoms. The number of nitrogens with one attached hydrogen (secondary N) is 1. The number of carbonyl (C=O) groups is 4. The van der Waals surface area contributed by atoms with Gasteiger partial charge in [0, 0.05) is 38.1 Å². The second kappa shape index (κ2) is 33.9. The molecule has 7 atom stereocenters. The van der Waals surface area contributed by atoms with Crippen molar-refractivity contribution in [1.82, 2.24) is 5.32 Å². The van der Waals surface area contributed by atoms with Gasteiger partial charge in [-0.3, -0.25) is 19.2 Å². The molecule has 5 N–H and O–H groups in total. The molecule has 0 bridgehead atoms. The van der Waals surface area contributed by atoms with Crippen LogP contribution in [0.15, 0.2) is 0 Å². The van der Waals surface area contributed by atoms with E-state index in [9.17, 15) is 39.6 Å². The Kier molecular flexibility index (Phi) is 31.5. The van der Waals surface area contributed by atoms with Crippen molar-refractivity contribution in [3.05, 3.63) is 0 Å². The van der Waals surface area contributed by atoms with Gasteiger partial charge in [0.25, 0.3) is 0 Å². The average molecular weight is 812 g/mol. The number of aliphatic hydroxyl groups excluding tert-OH is 3. The number of Topliss-reactive ketones (excluding diaryl/α,β-unsaturated/α-hetero) is 2. The summed E-state index contributed by atoms with van der Waals surface area (Å²) in [5, 5.41) is 43.1. The molecule has 0 aromatic heterocycles. The smallest absolute Gasteiger partial charge is 0.303 e. The van der Waals surface area contributed by atoms with Crippen LogP contribution in [0.5, 0.6) is 0 Å². The Morgan fingerprint density at radius 2 is 1.02 bits per heavy atom. The Bertz CT molecular complexity index is 1030. The minimum Gasteiger partial charge on any atom is -0.481 e. The Morgan fingerprint density at radius 3 is 1.39 bits per heavy atom. The predicted molar refractivity (Wildman–Crippen MR) is 226 cm³/mol. The minimum atomic E-state index is -1.57. The summed E-state index contributed by atoms with van der Waals surface area (Å²) in [5.41, 5.74) is 0. The lowest BCUT2D eigenvalue weighted by atomic mass is 9.86. The number of carboxylic acids is 1. The molecule has 57 heavy (non-hydrogen) atoms. The van der Waals surface area contributed by atoms with Gasteiger partial charge in [-0.2, -0.15) is 0 Å². The highest BCUT2D eigenvalue weighted by Crippen LogP contribution is 2.29. The molecule has 11 heteroatoms. The standard InChI is InChI=1S/C46H85NO10/c1-5-7-9-11-13-15-17-19-21-23-25-27-29-36(30-28-26-24-22-20-18-16-14-12-10-8-6-2)38(49)34-40(56-46-43(54)42(53)44(57-46)35(3)48)39(50)33-37(45(55)47-4)31-32-41(51)52/h35-37,40,42-44,46,48,53-54H,5-34H2,1-4H3,(H,47,55)(H,51,52)/t35-,37-,40-,42+,43+,44-,46-/m1/s1. The summed E-state index contributed by atoms with van der Waals surface area (Å²) in [6.45, 7) is 5.88. The molecule has 0 aromatic rings. The Hall–Kier alpha value is -1.92. The van der Waals surface area contributed by atoms with Crippen molar-refractivity contribution in [2.24, 2.45) is 11.8 Å². The molecule has 1 fully saturated rings. The van der Waals surface area contributed by atoms with Gasteiger partial charge < -0.3 is 35.2 Å². The molecule has 1 rings (SSSR count). The third-order valence-electron chi connectivity index (χ3n) is 11.8. The van der Waals surface area contributed by atoms with Gasteiger partial charge in [0.05, 0.1) is 6.10 Å².